The number of hydrogen-bond acceptors (Lipinski definition) is 4. The molecule has 0 fully saturated rings. The number of nitrogens with one attached hydrogen (secondary N) is 1. The van der Waals surface area contributed by atoms with Gasteiger partial charge < -0.3 is 14.8 Å². The Morgan fingerprint density at radius 3 is 2.41 bits per heavy atom. The summed E-state index contributed by atoms with van der Waals surface area (Å²) in [5.41, 5.74) is 2.54. The first-order chi connectivity index (χ1) is 10.7. The predicted octanol–water partition coefficient (Wildman–Crippen LogP) is 2.43. The first-order valence-corrected chi connectivity index (χ1v) is 6.83. The summed E-state index contributed by atoms with van der Waals surface area (Å²) in [5.74, 6) is -0.326. The molecule has 0 saturated heterocycles. The molecule has 5 heteroatoms. The normalized spacial score (nSPS) is 12.8. The van der Waals surface area contributed by atoms with Crippen molar-refractivity contribution in [3.63, 3.8) is 0 Å². The quantitative estimate of drug-likeness (QED) is 0.880. The molecule has 1 heterocycles. The molecule has 1 N–H and O–H groups in total. The van der Waals surface area contributed by atoms with Crippen molar-refractivity contribution in [2.24, 2.45) is 0 Å². The smallest absolute Gasteiger partial charge is 0.296 e. The minimum absolute atomic E-state index is 0.367. The molecule has 112 valence electrons. The van der Waals surface area contributed by atoms with Crippen molar-refractivity contribution in [3.05, 3.63) is 53.1 Å². The summed E-state index contributed by atoms with van der Waals surface area (Å²) in [6.45, 7) is 0. The maximum atomic E-state index is 12.2. The van der Waals surface area contributed by atoms with Crippen molar-refractivity contribution in [2.45, 2.75) is 6.42 Å². The monoisotopic (exact) mass is 297 g/mol. The maximum Gasteiger partial charge on any atom is 0.296 e. The Bertz CT molecular complexity index is 753. The number of ether oxygens (including phenoxy) is 2. The van der Waals surface area contributed by atoms with Gasteiger partial charge in [-0.2, -0.15) is 0 Å². The zero-order chi connectivity index (χ0) is 15.7. The molecule has 0 saturated carbocycles. The molecule has 2 aromatic carbocycles. The van der Waals surface area contributed by atoms with Crippen LogP contribution in [0.2, 0.25) is 0 Å². The topological polar surface area (TPSA) is 64.6 Å². The van der Waals surface area contributed by atoms with Crippen LogP contribution >= 0.6 is 0 Å². The van der Waals surface area contributed by atoms with Gasteiger partial charge in [0.1, 0.15) is 0 Å². The molecular formula is C17H15NO4. The number of methoxy groups -OCH3 is 2. The highest BCUT2D eigenvalue weighted by molar-refractivity contribution is 6.52. The van der Waals surface area contributed by atoms with Gasteiger partial charge in [-0.25, -0.2) is 0 Å². The highest BCUT2D eigenvalue weighted by Crippen LogP contribution is 2.43. The molecule has 0 unspecified atom stereocenters. The average Bonchev–Trinajstić information content (AvgIpc) is 2.83. The number of carbonyl (C=O) groups excluding carboxylic acids is 2. The van der Waals surface area contributed by atoms with Crippen molar-refractivity contribution < 1.29 is 19.1 Å². The van der Waals surface area contributed by atoms with Crippen LogP contribution in [0.3, 0.4) is 0 Å². The Hall–Kier alpha value is -2.82. The number of benzene rings is 2. The van der Waals surface area contributed by atoms with Crippen LogP contribution in [0, 0.1) is 0 Å². The minimum atomic E-state index is -0.643. The van der Waals surface area contributed by atoms with Crippen LogP contribution in [0.25, 0.3) is 0 Å². The van der Waals surface area contributed by atoms with E-state index in [0.717, 1.165) is 11.1 Å². The number of hydrogen-bond donors (Lipinski definition) is 1. The Morgan fingerprint density at radius 1 is 1.05 bits per heavy atom. The number of carbonyl (C=O) groups is 2. The summed E-state index contributed by atoms with van der Waals surface area (Å²) in [4.78, 5) is 23.9. The number of amides is 1. The van der Waals surface area contributed by atoms with Gasteiger partial charge in [-0.05, 0) is 23.6 Å². The minimum Gasteiger partial charge on any atom is -0.493 e. The van der Waals surface area contributed by atoms with E-state index in [9.17, 15) is 9.59 Å². The molecule has 0 bridgehead atoms. The highest BCUT2D eigenvalue weighted by Gasteiger charge is 2.35. The average molecular weight is 297 g/mol. The molecule has 1 amide bonds. The first-order valence-electron chi connectivity index (χ1n) is 6.83. The van der Waals surface area contributed by atoms with Crippen molar-refractivity contribution in [2.75, 3.05) is 19.5 Å². The SMILES string of the molecule is COc1cc(Cc2ccccc2)c2c(c1OC)NC(=O)C2=O. The molecular weight excluding hydrogens is 282 g/mol. The fourth-order valence-electron chi connectivity index (χ4n) is 2.67. The lowest BCUT2D eigenvalue weighted by Crippen LogP contribution is -2.13. The number of rotatable bonds is 4. The third-order valence-electron chi connectivity index (χ3n) is 3.66. The molecule has 22 heavy (non-hydrogen) atoms. The van der Waals surface area contributed by atoms with Crippen molar-refractivity contribution >= 4 is 17.4 Å². The second-order valence-electron chi connectivity index (χ2n) is 4.97. The van der Waals surface area contributed by atoms with Gasteiger partial charge in [-0.15, -0.1) is 0 Å². The fraction of sp³-hybridized carbons (Fsp3) is 0.176. The largest absolute Gasteiger partial charge is 0.493 e. The maximum absolute atomic E-state index is 12.2. The van der Waals surface area contributed by atoms with E-state index in [1.807, 2.05) is 30.3 Å². The van der Waals surface area contributed by atoms with Gasteiger partial charge in [0.15, 0.2) is 11.5 Å². The molecule has 3 rings (SSSR count). The summed E-state index contributed by atoms with van der Waals surface area (Å²) < 4.78 is 10.6. The van der Waals surface area contributed by atoms with Gasteiger partial charge in [0.25, 0.3) is 11.7 Å². The summed E-state index contributed by atoms with van der Waals surface area (Å²) in [6, 6.07) is 11.5. The van der Waals surface area contributed by atoms with E-state index in [4.69, 9.17) is 9.47 Å². The van der Waals surface area contributed by atoms with E-state index >= 15 is 0 Å². The fourth-order valence-corrected chi connectivity index (χ4v) is 2.67. The van der Waals surface area contributed by atoms with E-state index in [1.165, 1.54) is 14.2 Å². The van der Waals surface area contributed by atoms with Crippen LogP contribution in [0.4, 0.5) is 5.69 Å². The lowest BCUT2D eigenvalue weighted by molar-refractivity contribution is -0.112. The third-order valence-corrected chi connectivity index (χ3v) is 3.66. The predicted molar refractivity (Wildman–Crippen MR) is 81.8 cm³/mol. The molecule has 5 nitrogen and oxygen atoms in total. The second-order valence-corrected chi connectivity index (χ2v) is 4.97. The van der Waals surface area contributed by atoms with Crippen LogP contribution in [-0.4, -0.2) is 25.9 Å². The van der Waals surface area contributed by atoms with E-state index in [1.54, 1.807) is 6.07 Å². The first kappa shape index (κ1) is 14.1. The third kappa shape index (κ3) is 2.20. The molecule has 0 aliphatic carbocycles. The van der Waals surface area contributed by atoms with Gasteiger partial charge in [0.05, 0.1) is 25.5 Å². The van der Waals surface area contributed by atoms with E-state index in [-0.39, 0.29) is 0 Å². The lowest BCUT2D eigenvalue weighted by atomic mass is 9.96. The van der Waals surface area contributed by atoms with Gasteiger partial charge in [0.2, 0.25) is 0 Å². The Morgan fingerprint density at radius 2 is 1.77 bits per heavy atom. The van der Waals surface area contributed by atoms with Crippen LogP contribution in [0.15, 0.2) is 36.4 Å². The Labute approximate surface area is 127 Å². The van der Waals surface area contributed by atoms with Crippen LogP contribution in [0.1, 0.15) is 21.5 Å². The zero-order valence-electron chi connectivity index (χ0n) is 12.3. The summed E-state index contributed by atoms with van der Waals surface area (Å²) >= 11 is 0. The van der Waals surface area contributed by atoms with Gasteiger partial charge in [-0.1, -0.05) is 30.3 Å². The lowest BCUT2D eigenvalue weighted by Gasteiger charge is -2.15. The molecule has 0 atom stereocenters. The number of fused-ring (bicyclic) bond motifs is 1. The number of ketones is 1. The van der Waals surface area contributed by atoms with Crippen LogP contribution in [-0.2, 0) is 11.2 Å². The van der Waals surface area contributed by atoms with Gasteiger partial charge in [0, 0.05) is 0 Å². The van der Waals surface area contributed by atoms with Crippen molar-refractivity contribution in [1.82, 2.24) is 0 Å². The molecule has 0 spiro atoms. The van der Waals surface area contributed by atoms with Gasteiger partial charge >= 0.3 is 0 Å². The second kappa shape index (κ2) is 5.52. The number of Topliss-reactive ketones (excluding diaryl/α,β-unsaturated/α-hetero) is 1. The van der Waals surface area contributed by atoms with E-state index in [2.05, 4.69) is 5.32 Å². The Balaban J connectivity index is 2.16. The summed E-state index contributed by atoms with van der Waals surface area (Å²) in [7, 11) is 3.00. The molecule has 0 aromatic heterocycles. The highest BCUT2D eigenvalue weighted by atomic mass is 16.5. The summed E-state index contributed by atoms with van der Waals surface area (Å²) in [6.07, 6.45) is 0.532. The Kier molecular flexibility index (Phi) is 3.55. The van der Waals surface area contributed by atoms with Gasteiger partial charge in [-0.3, -0.25) is 9.59 Å². The zero-order valence-corrected chi connectivity index (χ0v) is 12.3. The van der Waals surface area contributed by atoms with Crippen LogP contribution < -0.4 is 14.8 Å². The van der Waals surface area contributed by atoms with E-state index in [0.29, 0.717) is 29.2 Å². The molecule has 2 aromatic rings. The standard InChI is InChI=1S/C17H15NO4/c1-21-12-9-11(8-10-6-4-3-5-7-10)13-14(16(12)22-2)18-17(20)15(13)19/h3-7,9H,8H2,1-2H3,(H,18,19,20). The van der Waals surface area contributed by atoms with E-state index < -0.39 is 11.7 Å². The molecule has 0 radical (unpaired) electrons. The number of anilines is 1. The molecule has 1 aliphatic rings. The molecule has 1 aliphatic heterocycles. The van der Waals surface area contributed by atoms with Crippen LogP contribution in [0.5, 0.6) is 11.5 Å². The van der Waals surface area contributed by atoms with Crippen molar-refractivity contribution in [1.29, 1.82) is 0 Å². The summed E-state index contributed by atoms with van der Waals surface area (Å²) in [5, 5.41) is 2.57. The van der Waals surface area contributed by atoms with Crippen molar-refractivity contribution in [3.8, 4) is 11.5 Å².